The molecule has 1 aromatic carbocycles. The van der Waals surface area contributed by atoms with Crippen LogP contribution >= 0.6 is 11.6 Å². The first-order valence-electron chi connectivity index (χ1n) is 6.39. The lowest BCUT2D eigenvalue weighted by molar-refractivity contribution is -0.115. The number of anilines is 1. The van der Waals surface area contributed by atoms with E-state index in [1.165, 1.54) is 0 Å². The predicted octanol–water partition coefficient (Wildman–Crippen LogP) is 2.07. The normalized spacial score (nSPS) is 10.5. The van der Waals surface area contributed by atoms with E-state index in [-0.39, 0.29) is 12.5 Å². The lowest BCUT2D eigenvalue weighted by Crippen LogP contribution is -2.30. The molecular formula is C14H17ClN4O. The second kappa shape index (κ2) is 7.07. The number of rotatable bonds is 6. The Morgan fingerprint density at radius 2 is 2.30 bits per heavy atom. The minimum atomic E-state index is -0.0872. The van der Waals surface area contributed by atoms with Crippen molar-refractivity contribution < 1.29 is 4.79 Å². The van der Waals surface area contributed by atoms with Gasteiger partial charge in [-0.25, -0.2) is 0 Å². The van der Waals surface area contributed by atoms with E-state index < -0.39 is 0 Å². The zero-order valence-electron chi connectivity index (χ0n) is 11.3. The Morgan fingerprint density at radius 3 is 3.05 bits per heavy atom. The first kappa shape index (κ1) is 14.6. The minimum Gasteiger partial charge on any atom is -0.325 e. The van der Waals surface area contributed by atoms with Gasteiger partial charge in [-0.3, -0.25) is 9.48 Å². The summed E-state index contributed by atoms with van der Waals surface area (Å²) in [7, 11) is 0. The number of benzene rings is 1. The van der Waals surface area contributed by atoms with E-state index >= 15 is 0 Å². The van der Waals surface area contributed by atoms with E-state index in [1.807, 2.05) is 29.9 Å². The van der Waals surface area contributed by atoms with Crippen molar-refractivity contribution in [3.05, 3.63) is 47.2 Å². The van der Waals surface area contributed by atoms with Crippen LogP contribution in [0.5, 0.6) is 0 Å². The highest BCUT2D eigenvalue weighted by Gasteiger charge is 2.05. The van der Waals surface area contributed by atoms with Crippen LogP contribution < -0.4 is 10.6 Å². The summed E-state index contributed by atoms with van der Waals surface area (Å²) in [5.41, 5.74) is 1.73. The van der Waals surface area contributed by atoms with E-state index in [0.717, 1.165) is 17.8 Å². The summed E-state index contributed by atoms with van der Waals surface area (Å²) in [6.07, 6.45) is 3.62. The summed E-state index contributed by atoms with van der Waals surface area (Å²) in [5, 5.41) is 10.6. The highest BCUT2D eigenvalue weighted by molar-refractivity contribution is 6.31. The predicted molar refractivity (Wildman–Crippen MR) is 79.9 cm³/mol. The summed E-state index contributed by atoms with van der Waals surface area (Å²) in [5.74, 6) is -0.0872. The molecular weight excluding hydrogens is 276 g/mol. The number of nitrogens with one attached hydrogen (secondary N) is 2. The molecule has 5 nitrogen and oxygen atoms in total. The second-order valence-electron chi connectivity index (χ2n) is 4.45. The molecule has 1 aromatic heterocycles. The first-order chi connectivity index (χ1) is 9.65. The van der Waals surface area contributed by atoms with Crippen molar-refractivity contribution in [2.24, 2.45) is 0 Å². The summed E-state index contributed by atoms with van der Waals surface area (Å²) >= 11 is 5.91. The number of nitrogens with zero attached hydrogens (tertiary/aromatic N) is 2. The van der Waals surface area contributed by atoms with Crippen LogP contribution in [0.1, 0.15) is 5.56 Å². The Morgan fingerprint density at radius 1 is 1.45 bits per heavy atom. The maximum absolute atomic E-state index is 11.8. The Hall–Kier alpha value is -1.85. The van der Waals surface area contributed by atoms with Crippen molar-refractivity contribution in [2.75, 3.05) is 18.4 Å². The van der Waals surface area contributed by atoms with Gasteiger partial charge in [-0.15, -0.1) is 0 Å². The Labute approximate surface area is 122 Å². The fraction of sp³-hybridized carbons (Fsp3) is 0.286. The first-order valence-corrected chi connectivity index (χ1v) is 6.77. The van der Waals surface area contributed by atoms with Crippen LogP contribution in [0.2, 0.25) is 5.02 Å². The molecule has 6 heteroatoms. The third kappa shape index (κ3) is 4.36. The lowest BCUT2D eigenvalue weighted by Gasteiger charge is -2.09. The molecule has 0 fully saturated rings. The average molecular weight is 293 g/mol. The molecule has 0 radical (unpaired) electrons. The van der Waals surface area contributed by atoms with Crippen molar-refractivity contribution in [2.45, 2.75) is 13.5 Å². The van der Waals surface area contributed by atoms with Crippen LogP contribution in [0, 0.1) is 6.92 Å². The number of halogens is 1. The SMILES string of the molecule is Cc1ccc(Cl)cc1NC(=O)CNCCn1cccn1. The molecule has 0 atom stereocenters. The number of hydrogen-bond donors (Lipinski definition) is 2. The fourth-order valence-corrected chi connectivity index (χ4v) is 1.92. The largest absolute Gasteiger partial charge is 0.325 e. The second-order valence-corrected chi connectivity index (χ2v) is 4.89. The molecule has 0 saturated heterocycles. The topological polar surface area (TPSA) is 59.0 Å². The molecule has 20 heavy (non-hydrogen) atoms. The Bertz CT molecular complexity index is 569. The van der Waals surface area contributed by atoms with Gasteiger partial charge >= 0.3 is 0 Å². The molecule has 106 valence electrons. The van der Waals surface area contributed by atoms with Gasteiger partial charge in [0.2, 0.25) is 5.91 Å². The molecule has 2 rings (SSSR count). The van der Waals surface area contributed by atoms with Crippen LogP contribution in [-0.4, -0.2) is 28.8 Å². The average Bonchev–Trinajstić information content (AvgIpc) is 2.92. The van der Waals surface area contributed by atoms with E-state index in [1.54, 1.807) is 18.3 Å². The van der Waals surface area contributed by atoms with Gasteiger partial charge in [-0.2, -0.15) is 5.10 Å². The molecule has 2 aromatic rings. The summed E-state index contributed by atoms with van der Waals surface area (Å²) in [6, 6.07) is 7.30. The van der Waals surface area contributed by atoms with E-state index in [2.05, 4.69) is 15.7 Å². The summed E-state index contributed by atoms with van der Waals surface area (Å²) in [6.45, 7) is 3.60. The summed E-state index contributed by atoms with van der Waals surface area (Å²) < 4.78 is 1.81. The molecule has 0 bridgehead atoms. The van der Waals surface area contributed by atoms with Crippen molar-refractivity contribution >= 4 is 23.2 Å². The molecule has 0 aliphatic rings. The van der Waals surface area contributed by atoms with Gasteiger partial charge in [0.15, 0.2) is 0 Å². The number of carbonyl (C=O) groups excluding carboxylic acids is 1. The zero-order chi connectivity index (χ0) is 14.4. The molecule has 2 N–H and O–H groups in total. The minimum absolute atomic E-state index is 0.0872. The third-order valence-corrected chi connectivity index (χ3v) is 3.07. The number of carbonyl (C=O) groups is 1. The van der Waals surface area contributed by atoms with Crippen LogP contribution in [0.4, 0.5) is 5.69 Å². The maximum atomic E-state index is 11.8. The number of aryl methyl sites for hydroxylation is 1. The molecule has 0 aliphatic heterocycles. The molecule has 0 saturated carbocycles. The lowest BCUT2D eigenvalue weighted by atomic mass is 10.2. The fourth-order valence-electron chi connectivity index (χ4n) is 1.75. The van der Waals surface area contributed by atoms with Crippen molar-refractivity contribution in [3.8, 4) is 0 Å². The quantitative estimate of drug-likeness (QED) is 0.802. The van der Waals surface area contributed by atoms with Crippen molar-refractivity contribution in [1.29, 1.82) is 0 Å². The van der Waals surface area contributed by atoms with Gasteiger partial charge in [0.1, 0.15) is 0 Å². The van der Waals surface area contributed by atoms with E-state index in [0.29, 0.717) is 11.6 Å². The zero-order valence-corrected chi connectivity index (χ0v) is 12.0. The van der Waals surface area contributed by atoms with Crippen LogP contribution in [0.25, 0.3) is 0 Å². The Balaban J connectivity index is 1.73. The highest BCUT2D eigenvalue weighted by atomic mass is 35.5. The molecule has 0 aliphatic carbocycles. The van der Waals surface area contributed by atoms with Crippen LogP contribution in [-0.2, 0) is 11.3 Å². The Kier molecular flexibility index (Phi) is 5.15. The number of hydrogen-bond acceptors (Lipinski definition) is 3. The van der Waals surface area contributed by atoms with Gasteiger partial charge in [-0.1, -0.05) is 17.7 Å². The van der Waals surface area contributed by atoms with Crippen molar-refractivity contribution in [3.63, 3.8) is 0 Å². The standard InChI is InChI=1S/C14H17ClN4O/c1-11-3-4-12(15)9-13(11)18-14(20)10-16-6-8-19-7-2-5-17-19/h2-5,7,9,16H,6,8,10H2,1H3,(H,18,20). The van der Waals surface area contributed by atoms with E-state index in [4.69, 9.17) is 11.6 Å². The van der Waals surface area contributed by atoms with Gasteiger partial charge in [0.25, 0.3) is 0 Å². The van der Waals surface area contributed by atoms with Crippen LogP contribution in [0.15, 0.2) is 36.7 Å². The third-order valence-electron chi connectivity index (χ3n) is 2.84. The van der Waals surface area contributed by atoms with Crippen LogP contribution in [0.3, 0.4) is 0 Å². The van der Waals surface area contributed by atoms with Gasteiger partial charge in [0, 0.05) is 29.6 Å². The molecule has 1 heterocycles. The highest BCUT2D eigenvalue weighted by Crippen LogP contribution is 2.19. The van der Waals surface area contributed by atoms with Crippen molar-refractivity contribution in [1.82, 2.24) is 15.1 Å². The maximum Gasteiger partial charge on any atom is 0.238 e. The molecule has 1 amide bonds. The van der Waals surface area contributed by atoms with Gasteiger partial charge < -0.3 is 10.6 Å². The van der Waals surface area contributed by atoms with Gasteiger partial charge in [0.05, 0.1) is 13.1 Å². The number of aromatic nitrogens is 2. The smallest absolute Gasteiger partial charge is 0.238 e. The van der Waals surface area contributed by atoms with Gasteiger partial charge in [-0.05, 0) is 30.7 Å². The summed E-state index contributed by atoms with van der Waals surface area (Å²) in [4.78, 5) is 11.8. The monoisotopic (exact) mass is 292 g/mol. The molecule has 0 unspecified atom stereocenters. The molecule has 0 spiro atoms. The van der Waals surface area contributed by atoms with E-state index in [9.17, 15) is 4.79 Å². The number of amides is 1.